The van der Waals surface area contributed by atoms with Gasteiger partial charge in [-0.2, -0.15) is 0 Å². The van der Waals surface area contributed by atoms with Gasteiger partial charge in [0.15, 0.2) is 0 Å². The third kappa shape index (κ3) is 4.60. The molecule has 2 aromatic rings. The van der Waals surface area contributed by atoms with Crippen LogP contribution in [0.1, 0.15) is 11.1 Å². The quantitative estimate of drug-likeness (QED) is 0.891. The summed E-state index contributed by atoms with van der Waals surface area (Å²) in [5.74, 6) is 0.618. The first-order valence-corrected chi connectivity index (χ1v) is 7.25. The summed E-state index contributed by atoms with van der Waals surface area (Å²) in [5.41, 5.74) is 2.97. The van der Waals surface area contributed by atoms with Gasteiger partial charge in [-0.1, -0.05) is 36.4 Å². The third-order valence-corrected chi connectivity index (χ3v) is 3.34. The van der Waals surface area contributed by atoms with Gasteiger partial charge in [0, 0.05) is 6.54 Å². The molecule has 0 aliphatic carbocycles. The topological polar surface area (TPSA) is 41.6 Å². The van der Waals surface area contributed by atoms with Crippen molar-refractivity contribution in [1.82, 2.24) is 4.90 Å². The summed E-state index contributed by atoms with van der Waals surface area (Å²) in [5, 5.41) is 2.91. The maximum Gasteiger partial charge on any atom is 0.238 e. The van der Waals surface area contributed by atoms with Gasteiger partial charge in [0.2, 0.25) is 5.91 Å². The first-order chi connectivity index (χ1) is 10.6. The number of hydrogen-bond donors (Lipinski definition) is 1. The average molecular weight is 298 g/mol. The van der Waals surface area contributed by atoms with E-state index in [1.54, 1.807) is 7.11 Å². The molecule has 0 radical (unpaired) electrons. The van der Waals surface area contributed by atoms with Gasteiger partial charge < -0.3 is 10.1 Å². The number of carbonyl (C=O) groups is 1. The number of anilines is 1. The lowest BCUT2D eigenvalue weighted by Crippen LogP contribution is -2.29. The third-order valence-electron chi connectivity index (χ3n) is 3.34. The summed E-state index contributed by atoms with van der Waals surface area (Å²) in [7, 11) is 3.53. The Hall–Kier alpha value is -2.33. The molecule has 4 heteroatoms. The van der Waals surface area contributed by atoms with E-state index in [2.05, 4.69) is 17.4 Å². The molecule has 0 spiro atoms. The van der Waals surface area contributed by atoms with Crippen molar-refractivity contribution in [3.63, 3.8) is 0 Å². The van der Waals surface area contributed by atoms with Crippen LogP contribution >= 0.6 is 0 Å². The zero-order chi connectivity index (χ0) is 15.9. The van der Waals surface area contributed by atoms with Gasteiger partial charge in [-0.15, -0.1) is 0 Å². The molecular formula is C18H22N2O2. The van der Waals surface area contributed by atoms with Crippen LogP contribution in [0.5, 0.6) is 5.75 Å². The molecule has 0 heterocycles. The second-order valence-electron chi connectivity index (χ2n) is 5.41. The van der Waals surface area contributed by atoms with Crippen molar-refractivity contribution in [2.75, 3.05) is 26.0 Å². The Bertz CT molecular complexity index is 626. The number of likely N-dealkylation sites (N-methyl/N-ethyl adjacent to an activating group) is 1. The second-order valence-corrected chi connectivity index (χ2v) is 5.41. The van der Waals surface area contributed by atoms with Crippen LogP contribution in [0.4, 0.5) is 5.69 Å². The Labute approximate surface area is 131 Å². The molecule has 116 valence electrons. The predicted molar refractivity (Wildman–Crippen MR) is 89.1 cm³/mol. The standard InChI is InChI=1S/C18H22N2O2/c1-14-9-10-17(22-3)16(11-14)19-18(21)13-20(2)12-15-7-5-4-6-8-15/h4-11H,12-13H2,1-3H3,(H,19,21). The summed E-state index contributed by atoms with van der Waals surface area (Å²) in [6.45, 7) is 3.04. The number of nitrogens with zero attached hydrogens (tertiary/aromatic N) is 1. The highest BCUT2D eigenvalue weighted by molar-refractivity contribution is 5.93. The van der Waals surface area contributed by atoms with E-state index in [-0.39, 0.29) is 5.91 Å². The van der Waals surface area contributed by atoms with Crippen LogP contribution in [0, 0.1) is 6.92 Å². The average Bonchev–Trinajstić information content (AvgIpc) is 2.48. The van der Waals surface area contributed by atoms with Crippen molar-refractivity contribution in [1.29, 1.82) is 0 Å². The number of hydrogen-bond acceptors (Lipinski definition) is 3. The second kappa shape index (κ2) is 7.61. The molecule has 4 nitrogen and oxygen atoms in total. The first kappa shape index (κ1) is 16.0. The van der Waals surface area contributed by atoms with Gasteiger partial charge in [-0.25, -0.2) is 0 Å². The van der Waals surface area contributed by atoms with E-state index in [4.69, 9.17) is 4.74 Å². The number of nitrogens with one attached hydrogen (secondary N) is 1. The fourth-order valence-electron chi connectivity index (χ4n) is 2.31. The van der Waals surface area contributed by atoms with E-state index in [1.807, 2.05) is 55.3 Å². The molecule has 0 unspecified atom stereocenters. The lowest BCUT2D eigenvalue weighted by atomic mass is 10.2. The number of methoxy groups -OCH3 is 1. The van der Waals surface area contributed by atoms with Crippen LogP contribution in [-0.4, -0.2) is 31.5 Å². The van der Waals surface area contributed by atoms with Crippen LogP contribution in [0.25, 0.3) is 0 Å². The SMILES string of the molecule is COc1ccc(C)cc1NC(=O)CN(C)Cc1ccccc1. The van der Waals surface area contributed by atoms with Gasteiger partial charge in [-0.05, 0) is 37.2 Å². The van der Waals surface area contributed by atoms with Crippen LogP contribution in [0.3, 0.4) is 0 Å². The molecule has 0 aliphatic rings. The number of carbonyl (C=O) groups excluding carboxylic acids is 1. The molecular weight excluding hydrogens is 276 g/mol. The maximum absolute atomic E-state index is 12.2. The summed E-state index contributed by atoms with van der Waals surface area (Å²) >= 11 is 0. The van der Waals surface area contributed by atoms with E-state index < -0.39 is 0 Å². The minimum atomic E-state index is -0.0534. The minimum Gasteiger partial charge on any atom is -0.495 e. The molecule has 2 rings (SSSR count). The lowest BCUT2D eigenvalue weighted by Gasteiger charge is -2.17. The van der Waals surface area contributed by atoms with Crippen molar-refractivity contribution in [3.8, 4) is 5.75 Å². The number of aryl methyl sites for hydroxylation is 1. The normalized spacial score (nSPS) is 10.5. The highest BCUT2D eigenvalue weighted by atomic mass is 16.5. The zero-order valence-electron chi connectivity index (χ0n) is 13.3. The van der Waals surface area contributed by atoms with E-state index in [0.29, 0.717) is 18.0 Å². The number of benzene rings is 2. The molecule has 0 fully saturated rings. The fraction of sp³-hybridized carbons (Fsp3) is 0.278. The number of amides is 1. The van der Waals surface area contributed by atoms with Gasteiger partial charge >= 0.3 is 0 Å². The molecule has 1 N–H and O–H groups in total. The molecule has 1 amide bonds. The van der Waals surface area contributed by atoms with Crippen molar-refractivity contribution in [2.24, 2.45) is 0 Å². The molecule has 22 heavy (non-hydrogen) atoms. The van der Waals surface area contributed by atoms with E-state index >= 15 is 0 Å². The molecule has 0 atom stereocenters. The van der Waals surface area contributed by atoms with Crippen molar-refractivity contribution >= 4 is 11.6 Å². The van der Waals surface area contributed by atoms with Crippen LogP contribution in [0.2, 0.25) is 0 Å². The Kier molecular flexibility index (Phi) is 5.55. The Morgan fingerprint density at radius 1 is 1.18 bits per heavy atom. The minimum absolute atomic E-state index is 0.0534. The lowest BCUT2D eigenvalue weighted by molar-refractivity contribution is -0.117. The van der Waals surface area contributed by atoms with E-state index in [1.165, 1.54) is 5.56 Å². The van der Waals surface area contributed by atoms with Gasteiger partial charge in [0.1, 0.15) is 5.75 Å². The summed E-state index contributed by atoms with van der Waals surface area (Å²) < 4.78 is 5.27. The Balaban J connectivity index is 1.94. The number of rotatable bonds is 6. The predicted octanol–water partition coefficient (Wildman–Crippen LogP) is 3.07. The molecule has 0 saturated carbocycles. The zero-order valence-corrected chi connectivity index (χ0v) is 13.3. The van der Waals surface area contributed by atoms with Gasteiger partial charge in [0.05, 0.1) is 19.3 Å². The van der Waals surface area contributed by atoms with Crippen LogP contribution in [-0.2, 0) is 11.3 Å². The molecule has 0 aromatic heterocycles. The maximum atomic E-state index is 12.2. The van der Waals surface area contributed by atoms with E-state index in [9.17, 15) is 4.79 Å². The van der Waals surface area contributed by atoms with Crippen molar-refractivity contribution in [3.05, 3.63) is 59.7 Å². The number of ether oxygens (including phenoxy) is 1. The smallest absolute Gasteiger partial charge is 0.238 e. The molecule has 0 bridgehead atoms. The Morgan fingerprint density at radius 3 is 2.59 bits per heavy atom. The van der Waals surface area contributed by atoms with Crippen molar-refractivity contribution < 1.29 is 9.53 Å². The largest absolute Gasteiger partial charge is 0.495 e. The van der Waals surface area contributed by atoms with Gasteiger partial charge in [0.25, 0.3) is 0 Å². The fourth-order valence-corrected chi connectivity index (χ4v) is 2.31. The highest BCUT2D eigenvalue weighted by Crippen LogP contribution is 2.25. The summed E-state index contributed by atoms with van der Waals surface area (Å²) in [6, 6.07) is 15.8. The van der Waals surface area contributed by atoms with Gasteiger partial charge in [-0.3, -0.25) is 9.69 Å². The van der Waals surface area contributed by atoms with Crippen LogP contribution in [0.15, 0.2) is 48.5 Å². The molecule has 0 saturated heterocycles. The van der Waals surface area contributed by atoms with Crippen molar-refractivity contribution in [2.45, 2.75) is 13.5 Å². The highest BCUT2D eigenvalue weighted by Gasteiger charge is 2.10. The monoisotopic (exact) mass is 298 g/mol. The molecule has 2 aromatic carbocycles. The van der Waals surface area contributed by atoms with E-state index in [0.717, 1.165) is 12.1 Å². The summed E-state index contributed by atoms with van der Waals surface area (Å²) in [4.78, 5) is 14.2. The van der Waals surface area contributed by atoms with Crippen LogP contribution < -0.4 is 10.1 Å². The Morgan fingerprint density at radius 2 is 1.91 bits per heavy atom. The summed E-state index contributed by atoms with van der Waals surface area (Å²) in [6.07, 6.45) is 0. The first-order valence-electron chi connectivity index (χ1n) is 7.25. The molecule has 0 aliphatic heterocycles.